The number of hydrogen-bond donors (Lipinski definition) is 1. The Hall–Kier alpha value is -1.46. The molecule has 0 spiro atoms. The molecule has 1 fully saturated rings. The third-order valence-electron chi connectivity index (χ3n) is 3.14. The van der Waals surface area contributed by atoms with Gasteiger partial charge in [-0.2, -0.15) is 0 Å². The van der Waals surface area contributed by atoms with Gasteiger partial charge in [0, 0.05) is 17.8 Å². The number of likely N-dealkylation sites (tertiary alicyclic amines) is 1. The highest BCUT2D eigenvalue weighted by Crippen LogP contribution is 2.28. The van der Waals surface area contributed by atoms with Crippen molar-refractivity contribution in [1.82, 2.24) is 4.90 Å². The molecule has 94 valence electrons. The quantitative estimate of drug-likeness (QED) is 0.859. The summed E-state index contributed by atoms with van der Waals surface area (Å²) in [6, 6.07) is 6.29. The zero-order valence-electron chi connectivity index (χ0n) is 9.60. The maximum Gasteiger partial charge on any atom is 0.264 e. The highest BCUT2D eigenvalue weighted by Gasteiger charge is 2.26. The maximum atomic E-state index is 13.1. The molecule has 1 aliphatic heterocycles. The van der Waals surface area contributed by atoms with Gasteiger partial charge < -0.3 is 10.0 Å². The summed E-state index contributed by atoms with van der Waals surface area (Å²) in [5.74, 6) is -0.367. The van der Waals surface area contributed by atoms with E-state index in [2.05, 4.69) is 0 Å². The molecule has 1 saturated heterocycles. The number of aliphatic hydroxyl groups excluding tert-OH is 1. The largest absolute Gasteiger partial charge is 0.391 e. The molecule has 1 amide bonds. The van der Waals surface area contributed by atoms with Crippen LogP contribution in [0.3, 0.4) is 0 Å². The van der Waals surface area contributed by atoms with Crippen molar-refractivity contribution in [3.8, 4) is 0 Å². The van der Waals surface area contributed by atoms with Gasteiger partial charge in [-0.25, -0.2) is 4.39 Å². The average molecular weight is 265 g/mol. The highest BCUT2D eigenvalue weighted by molar-refractivity contribution is 7.20. The van der Waals surface area contributed by atoms with Crippen molar-refractivity contribution in [1.29, 1.82) is 0 Å². The van der Waals surface area contributed by atoms with Crippen LogP contribution in [0.1, 0.15) is 16.1 Å². The highest BCUT2D eigenvalue weighted by atomic mass is 32.1. The minimum atomic E-state index is -0.416. The van der Waals surface area contributed by atoms with Crippen LogP contribution in [0.2, 0.25) is 0 Å². The number of carbonyl (C=O) groups is 1. The minimum Gasteiger partial charge on any atom is -0.391 e. The smallest absolute Gasteiger partial charge is 0.264 e. The lowest BCUT2D eigenvalue weighted by molar-refractivity contribution is 0.0770. The number of fused-ring (bicyclic) bond motifs is 1. The van der Waals surface area contributed by atoms with Crippen LogP contribution in [-0.2, 0) is 0 Å². The first-order valence-corrected chi connectivity index (χ1v) is 6.61. The van der Waals surface area contributed by atoms with Crippen LogP contribution in [0.15, 0.2) is 24.3 Å². The molecule has 1 N–H and O–H groups in total. The van der Waals surface area contributed by atoms with Crippen molar-refractivity contribution >= 4 is 27.3 Å². The number of nitrogens with zero attached hydrogens (tertiary/aromatic N) is 1. The fraction of sp³-hybridized carbons (Fsp3) is 0.308. The van der Waals surface area contributed by atoms with Crippen molar-refractivity contribution in [2.24, 2.45) is 0 Å². The van der Waals surface area contributed by atoms with Crippen LogP contribution in [0.4, 0.5) is 4.39 Å². The number of thiophene rings is 1. The Labute approximate surface area is 107 Å². The molecule has 18 heavy (non-hydrogen) atoms. The van der Waals surface area contributed by atoms with Gasteiger partial charge in [0.25, 0.3) is 5.91 Å². The van der Waals surface area contributed by atoms with Crippen LogP contribution >= 0.6 is 11.3 Å². The molecular weight excluding hydrogens is 253 g/mol. The molecule has 0 aliphatic carbocycles. The summed E-state index contributed by atoms with van der Waals surface area (Å²) in [6.07, 6.45) is 0.214. The molecular formula is C13H12FNO2S. The fourth-order valence-electron chi connectivity index (χ4n) is 2.19. The van der Waals surface area contributed by atoms with Gasteiger partial charge in [0.1, 0.15) is 5.82 Å². The normalized spacial score (nSPS) is 19.7. The van der Waals surface area contributed by atoms with E-state index < -0.39 is 6.10 Å². The number of amides is 1. The van der Waals surface area contributed by atoms with Crippen molar-refractivity contribution in [2.75, 3.05) is 13.1 Å². The van der Waals surface area contributed by atoms with Crippen LogP contribution in [0.25, 0.3) is 10.1 Å². The first-order chi connectivity index (χ1) is 8.63. The minimum absolute atomic E-state index is 0.0758. The van der Waals surface area contributed by atoms with Gasteiger partial charge >= 0.3 is 0 Å². The third-order valence-corrected chi connectivity index (χ3v) is 4.23. The first kappa shape index (κ1) is 11.6. The molecule has 3 rings (SSSR count). The molecule has 2 heterocycles. The Bertz CT molecular complexity index is 610. The van der Waals surface area contributed by atoms with E-state index in [0.717, 1.165) is 10.1 Å². The SMILES string of the molecule is O=C(c1cc2ccc(F)cc2s1)N1CCC(O)C1. The number of benzene rings is 1. The van der Waals surface area contributed by atoms with Gasteiger partial charge in [-0.15, -0.1) is 11.3 Å². The monoisotopic (exact) mass is 265 g/mol. The van der Waals surface area contributed by atoms with Gasteiger partial charge in [0.2, 0.25) is 0 Å². The number of β-amino-alcohol motifs (C(OH)–C–C–N with tert-alkyl or cyclic N) is 1. The lowest BCUT2D eigenvalue weighted by Gasteiger charge is -2.13. The average Bonchev–Trinajstić information content (AvgIpc) is 2.93. The molecule has 2 aromatic rings. The number of carbonyl (C=O) groups excluding carboxylic acids is 1. The summed E-state index contributed by atoms with van der Waals surface area (Å²) in [5, 5.41) is 10.3. The second-order valence-electron chi connectivity index (χ2n) is 4.49. The second kappa shape index (κ2) is 4.33. The topological polar surface area (TPSA) is 40.5 Å². The molecule has 1 aromatic carbocycles. The van der Waals surface area contributed by atoms with E-state index in [1.165, 1.54) is 23.5 Å². The molecule has 1 aliphatic rings. The lowest BCUT2D eigenvalue weighted by atomic mass is 10.2. The van der Waals surface area contributed by atoms with E-state index in [9.17, 15) is 14.3 Å². The molecule has 0 saturated carbocycles. The van der Waals surface area contributed by atoms with Crippen molar-refractivity contribution in [2.45, 2.75) is 12.5 Å². The van der Waals surface area contributed by atoms with Gasteiger partial charge in [-0.3, -0.25) is 4.79 Å². The van der Waals surface area contributed by atoms with E-state index in [1.54, 1.807) is 17.0 Å². The summed E-state index contributed by atoms with van der Waals surface area (Å²) < 4.78 is 13.9. The third kappa shape index (κ3) is 2.00. The number of hydrogen-bond acceptors (Lipinski definition) is 3. The van der Waals surface area contributed by atoms with E-state index in [0.29, 0.717) is 24.4 Å². The fourth-order valence-corrected chi connectivity index (χ4v) is 3.25. The van der Waals surface area contributed by atoms with Crippen LogP contribution in [0, 0.1) is 5.82 Å². The molecule has 0 radical (unpaired) electrons. The second-order valence-corrected chi connectivity index (χ2v) is 5.57. The van der Waals surface area contributed by atoms with Crippen molar-refractivity contribution in [3.63, 3.8) is 0 Å². The van der Waals surface area contributed by atoms with Gasteiger partial charge in [-0.05, 0) is 30.0 Å². The van der Waals surface area contributed by atoms with Crippen molar-refractivity contribution in [3.05, 3.63) is 35.0 Å². The number of rotatable bonds is 1. The van der Waals surface area contributed by atoms with E-state index in [1.807, 2.05) is 0 Å². The molecule has 0 bridgehead atoms. The summed E-state index contributed by atoms with van der Waals surface area (Å²) in [6.45, 7) is 0.976. The van der Waals surface area contributed by atoms with E-state index in [4.69, 9.17) is 0 Å². The van der Waals surface area contributed by atoms with Crippen molar-refractivity contribution < 1.29 is 14.3 Å². The summed E-state index contributed by atoms with van der Waals surface area (Å²) in [4.78, 5) is 14.4. The Morgan fingerprint density at radius 1 is 1.44 bits per heavy atom. The van der Waals surface area contributed by atoms with Crippen LogP contribution in [-0.4, -0.2) is 35.1 Å². The van der Waals surface area contributed by atoms with E-state index >= 15 is 0 Å². The van der Waals surface area contributed by atoms with Gasteiger partial charge in [0.15, 0.2) is 0 Å². The predicted octanol–water partition coefficient (Wildman–Crippen LogP) is 2.25. The van der Waals surface area contributed by atoms with Crippen LogP contribution < -0.4 is 0 Å². The molecule has 5 heteroatoms. The lowest BCUT2D eigenvalue weighted by Crippen LogP contribution is -2.28. The number of halogens is 1. The Morgan fingerprint density at radius 3 is 3.00 bits per heavy atom. The maximum absolute atomic E-state index is 13.1. The first-order valence-electron chi connectivity index (χ1n) is 5.80. The molecule has 3 nitrogen and oxygen atoms in total. The predicted molar refractivity (Wildman–Crippen MR) is 68.3 cm³/mol. The summed E-state index contributed by atoms with van der Waals surface area (Å²) in [5.41, 5.74) is 0. The Balaban J connectivity index is 1.92. The summed E-state index contributed by atoms with van der Waals surface area (Å²) in [7, 11) is 0. The Morgan fingerprint density at radius 2 is 2.28 bits per heavy atom. The molecule has 1 atom stereocenters. The van der Waals surface area contributed by atoms with Gasteiger partial charge in [-0.1, -0.05) is 6.07 Å². The molecule has 1 aromatic heterocycles. The molecule has 1 unspecified atom stereocenters. The standard InChI is InChI=1S/C13H12FNO2S/c14-9-2-1-8-5-12(18-11(8)6-9)13(17)15-4-3-10(16)7-15/h1-2,5-6,10,16H,3-4,7H2. The number of aliphatic hydroxyl groups is 1. The van der Waals surface area contributed by atoms with Gasteiger partial charge in [0.05, 0.1) is 11.0 Å². The summed E-state index contributed by atoms with van der Waals surface area (Å²) >= 11 is 1.29. The van der Waals surface area contributed by atoms with E-state index in [-0.39, 0.29) is 11.7 Å². The Kier molecular flexibility index (Phi) is 2.80. The zero-order chi connectivity index (χ0) is 12.7. The zero-order valence-corrected chi connectivity index (χ0v) is 10.4. The van der Waals surface area contributed by atoms with Crippen LogP contribution in [0.5, 0.6) is 0 Å².